The van der Waals surface area contributed by atoms with Gasteiger partial charge in [0, 0.05) is 10.7 Å². The molecule has 2 aromatic carbocycles. The Labute approximate surface area is 132 Å². The zero-order valence-corrected chi connectivity index (χ0v) is 13.4. The van der Waals surface area contributed by atoms with Crippen LogP contribution in [0.1, 0.15) is 5.56 Å². The maximum Gasteiger partial charge on any atom is 0.240 e. The zero-order chi connectivity index (χ0) is 15.8. The highest BCUT2D eigenvalue weighted by molar-refractivity contribution is 7.89. The summed E-state index contributed by atoms with van der Waals surface area (Å²) in [7, 11) is -3.93. The molecule has 0 aromatic heterocycles. The van der Waals surface area contributed by atoms with Crippen LogP contribution in [0.2, 0.25) is 10.0 Å². The highest BCUT2D eigenvalue weighted by atomic mass is 35.5. The molecule has 0 atom stereocenters. The monoisotopic (exact) mass is 345 g/mol. The van der Waals surface area contributed by atoms with Gasteiger partial charge in [-0.3, -0.25) is 0 Å². The lowest BCUT2D eigenvalue weighted by Gasteiger charge is -2.13. The fraction of sp³-hybridized carbons (Fsp3) is 0.0769. The summed E-state index contributed by atoms with van der Waals surface area (Å²) in [5.74, 6) is 0. The third-order valence-corrected chi connectivity index (χ3v) is 4.50. The first kappa shape index (κ1) is 15.9. The van der Waals surface area contributed by atoms with Crippen LogP contribution < -0.4 is 16.2 Å². The Morgan fingerprint density at radius 1 is 1.05 bits per heavy atom. The van der Waals surface area contributed by atoms with Gasteiger partial charge in [-0.05, 0) is 42.8 Å². The lowest BCUT2D eigenvalue weighted by molar-refractivity contribution is 0.598. The molecule has 0 aliphatic carbocycles. The molecular weight excluding hydrogens is 333 g/mol. The smallest absolute Gasteiger partial charge is 0.240 e. The quantitative estimate of drug-likeness (QED) is 0.743. The van der Waals surface area contributed by atoms with E-state index in [1.54, 1.807) is 18.2 Å². The number of primary sulfonamides is 1. The number of rotatable bonds is 3. The maximum absolute atomic E-state index is 11.6. The van der Waals surface area contributed by atoms with Gasteiger partial charge in [0.2, 0.25) is 10.0 Å². The van der Waals surface area contributed by atoms with Gasteiger partial charge in [0.1, 0.15) is 4.90 Å². The second-order valence-corrected chi connectivity index (χ2v) is 6.85. The number of nitrogens with two attached hydrogens (primary N) is 2. The van der Waals surface area contributed by atoms with E-state index < -0.39 is 10.0 Å². The molecule has 0 radical (unpaired) electrons. The molecule has 112 valence electrons. The van der Waals surface area contributed by atoms with Crippen molar-refractivity contribution in [3.8, 4) is 0 Å². The molecule has 0 unspecified atom stereocenters. The molecule has 0 fully saturated rings. The number of sulfonamides is 1. The first-order valence-corrected chi connectivity index (χ1v) is 8.13. The Morgan fingerprint density at radius 3 is 2.33 bits per heavy atom. The second kappa shape index (κ2) is 5.73. The van der Waals surface area contributed by atoms with Crippen LogP contribution in [0.4, 0.5) is 17.1 Å². The predicted octanol–water partition coefficient (Wildman–Crippen LogP) is 3.28. The van der Waals surface area contributed by atoms with Gasteiger partial charge in [0.25, 0.3) is 0 Å². The summed E-state index contributed by atoms with van der Waals surface area (Å²) in [6, 6.07) is 7.64. The topological polar surface area (TPSA) is 98.2 Å². The summed E-state index contributed by atoms with van der Waals surface area (Å²) >= 11 is 12.2. The zero-order valence-electron chi connectivity index (χ0n) is 11.0. The third-order valence-electron chi connectivity index (χ3n) is 2.83. The minimum atomic E-state index is -3.93. The van der Waals surface area contributed by atoms with Crippen LogP contribution in [0, 0.1) is 6.92 Å². The van der Waals surface area contributed by atoms with E-state index in [9.17, 15) is 8.42 Å². The number of nitrogens with one attached hydrogen (secondary N) is 1. The number of benzene rings is 2. The second-order valence-electron chi connectivity index (χ2n) is 4.51. The molecule has 5 nitrogen and oxygen atoms in total. The van der Waals surface area contributed by atoms with E-state index in [2.05, 4.69) is 5.32 Å². The van der Waals surface area contributed by atoms with E-state index in [4.69, 9.17) is 34.1 Å². The van der Waals surface area contributed by atoms with Gasteiger partial charge in [-0.25, -0.2) is 13.6 Å². The lowest BCUT2D eigenvalue weighted by Crippen LogP contribution is -2.14. The van der Waals surface area contributed by atoms with Gasteiger partial charge < -0.3 is 11.1 Å². The molecule has 0 saturated heterocycles. The van der Waals surface area contributed by atoms with E-state index in [-0.39, 0.29) is 16.3 Å². The Morgan fingerprint density at radius 2 is 1.71 bits per heavy atom. The molecule has 0 aliphatic heterocycles. The Bertz CT molecular complexity index is 807. The van der Waals surface area contributed by atoms with Crippen molar-refractivity contribution < 1.29 is 8.42 Å². The normalized spacial score (nSPS) is 11.4. The molecule has 0 aliphatic rings. The first-order valence-electron chi connectivity index (χ1n) is 5.83. The van der Waals surface area contributed by atoms with Gasteiger partial charge in [0.05, 0.1) is 16.4 Å². The highest BCUT2D eigenvalue weighted by Gasteiger charge is 2.16. The van der Waals surface area contributed by atoms with Gasteiger partial charge in [0.15, 0.2) is 0 Å². The Kier molecular flexibility index (Phi) is 4.34. The van der Waals surface area contributed by atoms with Crippen LogP contribution >= 0.6 is 23.2 Å². The molecule has 0 amide bonds. The van der Waals surface area contributed by atoms with Crippen molar-refractivity contribution in [2.75, 3.05) is 11.1 Å². The van der Waals surface area contributed by atoms with Crippen molar-refractivity contribution in [1.29, 1.82) is 0 Å². The SMILES string of the molecule is Cc1cc(Cl)c(Nc2ccc(N)cc2S(N)(=O)=O)cc1Cl. The summed E-state index contributed by atoms with van der Waals surface area (Å²) in [6.07, 6.45) is 0. The van der Waals surface area contributed by atoms with Crippen LogP contribution in [0.5, 0.6) is 0 Å². The lowest BCUT2D eigenvalue weighted by atomic mass is 10.2. The Balaban J connectivity index is 2.53. The van der Waals surface area contributed by atoms with E-state index >= 15 is 0 Å². The molecule has 8 heteroatoms. The minimum Gasteiger partial charge on any atom is -0.399 e. The van der Waals surface area contributed by atoms with Crippen LogP contribution in [0.3, 0.4) is 0 Å². The standard InChI is InChI=1S/C13H13Cl2N3O2S/c1-7-4-10(15)12(6-9(7)14)18-11-3-2-8(16)5-13(11)21(17,19)20/h2-6,18H,16H2,1H3,(H2,17,19,20). The fourth-order valence-corrected chi connectivity index (χ4v) is 2.92. The molecule has 0 heterocycles. The molecule has 5 N–H and O–H groups in total. The molecular formula is C13H13Cl2N3O2S. The van der Waals surface area contributed by atoms with Crippen molar-refractivity contribution in [2.45, 2.75) is 11.8 Å². The molecule has 0 saturated carbocycles. The van der Waals surface area contributed by atoms with Gasteiger partial charge in [-0.15, -0.1) is 0 Å². The van der Waals surface area contributed by atoms with E-state index in [0.29, 0.717) is 15.7 Å². The van der Waals surface area contributed by atoms with Crippen molar-refractivity contribution >= 4 is 50.3 Å². The fourth-order valence-electron chi connectivity index (χ4n) is 1.76. The molecule has 21 heavy (non-hydrogen) atoms. The maximum atomic E-state index is 11.6. The molecule has 2 rings (SSSR count). The summed E-state index contributed by atoms with van der Waals surface area (Å²) in [6.45, 7) is 1.82. The van der Waals surface area contributed by atoms with Gasteiger partial charge >= 0.3 is 0 Å². The summed E-state index contributed by atoms with van der Waals surface area (Å²) < 4.78 is 23.3. The Hall–Kier alpha value is -1.47. The van der Waals surface area contributed by atoms with Crippen LogP contribution in [0.25, 0.3) is 0 Å². The van der Waals surface area contributed by atoms with Crippen LogP contribution in [-0.4, -0.2) is 8.42 Å². The molecule has 0 spiro atoms. The van der Waals surface area contributed by atoms with Crippen molar-refractivity contribution in [2.24, 2.45) is 5.14 Å². The molecule has 0 bridgehead atoms. The first-order chi connectivity index (χ1) is 9.68. The average molecular weight is 346 g/mol. The number of hydrogen-bond acceptors (Lipinski definition) is 4. The molecule has 2 aromatic rings. The number of halogens is 2. The van der Waals surface area contributed by atoms with Gasteiger partial charge in [-0.2, -0.15) is 0 Å². The predicted molar refractivity (Wildman–Crippen MR) is 86.7 cm³/mol. The summed E-state index contributed by atoms with van der Waals surface area (Å²) in [4.78, 5) is -0.115. The number of nitrogen functional groups attached to an aromatic ring is 1. The van der Waals surface area contributed by atoms with E-state index in [1.165, 1.54) is 12.1 Å². The largest absolute Gasteiger partial charge is 0.399 e. The minimum absolute atomic E-state index is 0.115. The summed E-state index contributed by atoms with van der Waals surface area (Å²) in [5.41, 5.74) is 7.45. The van der Waals surface area contributed by atoms with E-state index in [1.807, 2.05) is 6.92 Å². The van der Waals surface area contributed by atoms with Gasteiger partial charge in [-0.1, -0.05) is 23.2 Å². The third kappa shape index (κ3) is 3.59. The number of aryl methyl sites for hydroxylation is 1. The van der Waals surface area contributed by atoms with Crippen molar-refractivity contribution in [1.82, 2.24) is 0 Å². The van der Waals surface area contributed by atoms with Crippen molar-refractivity contribution in [3.05, 3.63) is 45.9 Å². The van der Waals surface area contributed by atoms with Crippen LogP contribution in [-0.2, 0) is 10.0 Å². The number of anilines is 3. The average Bonchev–Trinajstić information content (AvgIpc) is 2.36. The van der Waals surface area contributed by atoms with Crippen molar-refractivity contribution in [3.63, 3.8) is 0 Å². The highest BCUT2D eigenvalue weighted by Crippen LogP contribution is 2.33. The van der Waals surface area contributed by atoms with Crippen LogP contribution in [0.15, 0.2) is 35.2 Å². The summed E-state index contributed by atoms with van der Waals surface area (Å²) in [5, 5.41) is 9.02. The number of hydrogen-bond donors (Lipinski definition) is 3. The van der Waals surface area contributed by atoms with E-state index in [0.717, 1.165) is 5.56 Å².